The molecule has 0 aromatic carbocycles. The molecule has 1 rings (SSSR count). The molecule has 0 spiro atoms. The predicted octanol–water partition coefficient (Wildman–Crippen LogP) is -0.0161. The zero-order valence-electron chi connectivity index (χ0n) is 9.32. The van der Waals surface area contributed by atoms with Crippen molar-refractivity contribution in [2.75, 3.05) is 19.6 Å². The lowest BCUT2D eigenvalue weighted by atomic mass is 10.1. The third kappa shape index (κ3) is 3.69. The first-order chi connectivity index (χ1) is 7.65. The van der Waals surface area contributed by atoms with Gasteiger partial charge in [-0.3, -0.25) is 4.79 Å². The summed E-state index contributed by atoms with van der Waals surface area (Å²) in [6.45, 7) is 1.73. The van der Waals surface area contributed by atoms with Crippen LogP contribution in [0.1, 0.15) is 25.7 Å². The lowest BCUT2D eigenvalue weighted by Crippen LogP contribution is -2.44. The molecular weight excluding hydrogens is 210 g/mol. The summed E-state index contributed by atoms with van der Waals surface area (Å²) in [5.41, 5.74) is 5.32. The van der Waals surface area contributed by atoms with Gasteiger partial charge in [0.15, 0.2) is 0 Å². The summed E-state index contributed by atoms with van der Waals surface area (Å²) in [5, 5.41) is 11.5. The van der Waals surface area contributed by atoms with E-state index in [-0.39, 0.29) is 18.5 Å². The molecule has 0 aliphatic carbocycles. The van der Waals surface area contributed by atoms with Gasteiger partial charge < -0.3 is 21.1 Å². The van der Waals surface area contributed by atoms with Crippen LogP contribution in [-0.2, 0) is 4.79 Å². The molecule has 6 nitrogen and oxygen atoms in total. The van der Waals surface area contributed by atoms with E-state index in [1.54, 1.807) is 4.90 Å². The first-order valence-corrected chi connectivity index (χ1v) is 5.61. The van der Waals surface area contributed by atoms with Crippen LogP contribution < -0.4 is 11.1 Å². The fraction of sp³-hybridized carbons (Fsp3) is 0.800. The van der Waals surface area contributed by atoms with Gasteiger partial charge >= 0.3 is 12.0 Å². The summed E-state index contributed by atoms with van der Waals surface area (Å²) >= 11 is 0. The highest BCUT2D eigenvalue weighted by Crippen LogP contribution is 2.19. The van der Waals surface area contributed by atoms with Crippen LogP contribution in [0.2, 0.25) is 0 Å². The number of carboxylic acids is 1. The van der Waals surface area contributed by atoms with Crippen LogP contribution in [-0.4, -0.2) is 47.7 Å². The monoisotopic (exact) mass is 229 g/mol. The quantitative estimate of drug-likeness (QED) is 0.577. The molecule has 1 aliphatic rings. The van der Waals surface area contributed by atoms with Crippen molar-refractivity contribution in [3.8, 4) is 0 Å². The number of likely N-dealkylation sites (tertiary alicyclic amines) is 1. The molecule has 0 aromatic heterocycles. The molecule has 0 aromatic rings. The van der Waals surface area contributed by atoms with Gasteiger partial charge in [-0.05, 0) is 25.8 Å². The Kier molecular flexibility index (Phi) is 5.04. The van der Waals surface area contributed by atoms with E-state index in [0.29, 0.717) is 19.6 Å². The molecule has 1 aliphatic heterocycles. The SMILES string of the molecule is NCCCNC(=O)N1CCCC1CC(=O)O. The number of rotatable bonds is 5. The minimum absolute atomic E-state index is 0.0321. The van der Waals surface area contributed by atoms with Crippen LogP contribution in [0, 0.1) is 0 Å². The summed E-state index contributed by atoms with van der Waals surface area (Å²) in [6, 6.07) is -0.326. The van der Waals surface area contributed by atoms with Crippen molar-refractivity contribution in [1.82, 2.24) is 10.2 Å². The number of urea groups is 1. The molecule has 16 heavy (non-hydrogen) atoms. The molecule has 1 heterocycles. The smallest absolute Gasteiger partial charge is 0.317 e. The highest BCUT2D eigenvalue weighted by molar-refractivity contribution is 5.76. The molecule has 92 valence electrons. The Morgan fingerprint density at radius 3 is 2.88 bits per heavy atom. The fourth-order valence-corrected chi connectivity index (χ4v) is 1.92. The summed E-state index contributed by atoms with van der Waals surface area (Å²) in [6.07, 6.45) is 2.42. The van der Waals surface area contributed by atoms with Gasteiger partial charge in [0.2, 0.25) is 0 Å². The lowest BCUT2D eigenvalue weighted by Gasteiger charge is -2.23. The van der Waals surface area contributed by atoms with Crippen molar-refractivity contribution in [1.29, 1.82) is 0 Å². The van der Waals surface area contributed by atoms with Gasteiger partial charge in [0.25, 0.3) is 0 Å². The molecule has 1 atom stereocenters. The maximum absolute atomic E-state index is 11.7. The Bertz CT molecular complexity index is 258. The third-order valence-electron chi connectivity index (χ3n) is 2.71. The highest BCUT2D eigenvalue weighted by Gasteiger charge is 2.29. The van der Waals surface area contributed by atoms with Crippen LogP contribution in [0.4, 0.5) is 4.79 Å². The van der Waals surface area contributed by atoms with Gasteiger partial charge in [0, 0.05) is 19.1 Å². The Hall–Kier alpha value is -1.30. The van der Waals surface area contributed by atoms with E-state index in [1.807, 2.05) is 0 Å². The first-order valence-electron chi connectivity index (χ1n) is 5.61. The van der Waals surface area contributed by atoms with Crippen molar-refractivity contribution >= 4 is 12.0 Å². The number of carboxylic acid groups (broad SMARTS) is 1. The van der Waals surface area contributed by atoms with Gasteiger partial charge in [-0.1, -0.05) is 0 Å². The maximum Gasteiger partial charge on any atom is 0.317 e. The van der Waals surface area contributed by atoms with E-state index < -0.39 is 5.97 Å². The van der Waals surface area contributed by atoms with Crippen molar-refractivity contribution in [3.63, 3.8) is 0 Å². The molecule has 0 radical (unpaired) electrons. The second-order valence-electron chi connectivity index (χ2n) is 3.96. The second-order valence-corrected chi connectivity index (χ2v) is 3.96. The van der Waals surface area contributed by atoms with E-state index in [0.717, 1.165) is 19.3 Å². The molecular formula is C10H19N3O3. The molecule has 1 unspecified atom stereocenters. The van der Waals surface area contributed by atoms with Gasteiger partial charge in [0.05, 0.1) is 6.42 Å². The van der Waals surface area contributed by atoms with Crippen LogP contribution in [0.15, 0.2) is 0 Å². The number of nitrogens with zero attached hydrogens (tertiary/aromatic N) is 1. The lowest BCUT2D eigenvalue weighted by molar-refractivity contribution is -0.137. The standard InChI is InChI=1S/C10H19N3O3/c11-4-2-5-12-10(16)13-6-1-3-8(13)7-9(14)15/h8H,1-7,11H2,(H,12,16)(H,14,15). The van der Waals surface area contributed by atoms with Crippen molar-refractivity contribution in [3.05, 3.63) is 0 Å². The first kappa shape index (κ1) is 12.8. The van der Waals surface area contributed by atoms with Gasteiger partial charge in [0.1, 0.15) is 0 Å². The molecule has 6 heteroatoms. The number of hydrogen-bond acceptors (Lipinski definition) is 3. The Balaban J connectivity index is 2.38. The second kappa shape index (κ2) is 6.32. The van der Waals surface area contributed by atoms with E-state index in [1.165, 1.54) is 0 Å². The number of nitrogens with one attached hydrogen (secondary N) is 1. The molecule has 1 saturated heterocycles. The molecule has 2 amide bonds. The normalized spacial score (nSPS) is 19.8. The van der Waals surface area contributed by atoms with Crippen molar-refractivity contribution < 1.29 is 14.7 Å². The summed E-state index contributed by atoms with van der Waals surface area (Å²) in [4.78, 5) is 23.9. The number of nitrogens with two attached hydrogens (primary N) is 1. The topological polar surface area (TPSA) is 95.7 Å². The largest absolute Gasteiger partial charge is 0.481 e. The highest BCUT2D eigenvalue weighted by atomic mass is 16.4. The van der Waals surface area contributed by atoms with Crippen LogP contribution in [0.5, 0.6) is 0 Å². The summed E-state index contributed by atoms with van der Waals surface area (Å²) in [5.74, 6) is -0.855. The molecule has 1 fully saturated rings. The summed E-state index contributed by atoms with van der Waals surface area (Å²) in [7, 11) is 0. The van der Waals surface area contributed by atoms with E-state index in [2.05, 4.69) is 5.32 Å². The number of carbonyl (C=O) groups excluding carboxylic acids is 1. The Labute approximate surface area is 94.8 Å². The summed E-state index contributed by atoms with van der Waals surface area (Å²) < 4.78 is 0. The minimum Gasteiger partial charge on any atom is -0.481 e. The Morgan fingerprint density at radius 1 is 1.50 bits per heavy atom. The van der Waals surface area contributed by atoms with Gasteiger partial charge in [-0.25, -0.2) is 4.79 Å². The van der Waals surface area contributed by atoms with Crippen LogP contribution in [0.25, 0.3) is 0 Å². The van der Waals surface area contributed by atoms with Gasteiger partial charge in [-0.2, -0.15) is 0 Å². The zero-order valence-corrected chi connectivity index (χ0v) is 9.32. The average Bonchev–Trinajstić information content (AvgIpc) is 2.65. The number of carbonyl (C=O) groups is 2. The van der Waals surface area contributed by atoms with Gasteiger partial charge in [-0.15, -0.1) is 0 Å². The molecule has 4 N–H and O–H groups in total. The fourth-order valence-electron chi connectivity index (χ4n) is 1.92. The molecule has 0 bridgehead atoms. The van der Waals surface area contributed by atoms with E-state index >= 15 is 0 Å². The van der Waals surface area contributed by atoms with Crippen molar-refractivity contribution in [2.45, 2.75) is 31.7 Å². The maximum atomic E-state index is 11.7. The number of hydrogen-bond donors (Lipinski definition) is 3. The van der Waals surface area contributed by atoms with E-state index in [4.69, 9.17) is 10.8 Å². The van der Waals surface area contributed by atoms with E-state index in [9.17, 15) is 9.59 Å². The Morgan fingerprint density at radius 2 is 2.25 bits per heavy atom. The van der Waals surface area contributed by atoms with Crippen molar-refractivity contribution in [2.24, 2.45) is 5.73 Å². The minimum atomic E-state index is -0.855. The number of amides is 2. The van der Waals surface area contributed by atoms with Crippen LogP contribution >= 0.6 is 0 Å². The zero-order chi connectivity index (χ0) is 12.0. The third-order valence-corrected chi connectivity index (χ3v) is 2.71. The average molecular weight is 229 g/mol. The predicted molar refractivity (Wildman–Crippen MR) is 59.1 cm³/mol. The number of aliphatic carboxylic acids is 1. The molecule has 0 saturated carbocycles. The van der Waals surface area contributed by atoms with Crippen LogP contribution in [0.3, 0.4) is 0 Å².